The van der Waals surface area contributed by atoms with Gasteiger partial charge >= 0.3 is 0 Å². The van der Waals surface area contributed by atoms with E-state index in [9.17, 15) is 8.42 Å². The molecule has 2 heterocycles. The number of sulfonamides is 1. The molecule has 2 fully saturated rings. The molecule has 0 bridgehead atoms. The molecule has 0 radical (unpaired) electrons. The predicted octanol–water partition coefficient (Wildman–Crippen LogP) is 1.67. The first kappa shape index (κ1) is 15.4. The first-order valence-corrected chi connectivity index (χ1v) is 10.0. The Morgan fingerprint density at radius 2 is 2.19 bits per heavy atom. The van der Waals surface area contributed by atoms with Crippen molar-refractivity contribution in [2.24, 2.45) is 0 Å². The van der Waals surface area contributed by atoms with Gasteiger partial charge in [-0.3, -0.25) is 0 Å². The van der Waals surface area contributed by atoms with Crippen LogP contribution in [0.2, 0.25) is 0 Å². The molecule has 21 heavy (non-hydrogen) atoms. The minimum absolute atomic E-state index is 0.136. The zero-order chi connectivity index (χ0) is 15.0. The van der Waals surface area contributed by atoms with Gasteiger partial charge in [0.25, 0.3) is 0 Å². The average molecular weight is 329 g/mol. The number of nitrogens with one attached hydrogen (secondary N) is 1. The Kier molecular flexibility index (Phi) is 4.36. The highest BCUT2D eigenvalue weighted by Gasteiger charge is 2.33. The standard InChI is InChI=1S/C14H23N3O2S2/c1-15-8-13-7-14(9-17(13)11-3-4-11)21(18,19)16(2)12-5-6-20-10-12/h7,9,11-12,15H,3-6,8,10H2,1-2H3. The van der Waals surface area contributed by atoms with Gasteiger partial charge in [0.1, 0.15) is 4.90 Å². The summed E-state index contributed by atoms with van der Waals surface area (Å²) in [6.45, 7) is 0.703. The quantitative estimate of drug-likeness (QED) is 0.862. The first-order chi connectivity index (χ1) is 10.0. The monoisotopic (exact) mass is 329 g/mol. The van der Waals surface area contributed by atoms with Gasteiger partial charge in [0.15, 0.2) is 0 Å². The van der Waals surface area contributed by atoms with Crippen LogP contribution in [0, 0.1) is 0 Å². The van der Waals surface area contributed by atoms with E-state index in [1.54, 1.807) is 11.4 Å². The Hall–Kier alpha value is -0.500. The van der Waals surface area contributed by atoms with Crippen LogP contribution in [0.1, 0.15) is 31.0 Å². The van der Waals surface area contributed by atoms with Crippen molar-refractivity contribution in [3.05, 3.63) is 18.0 Å². The van der Waals surface area contributed by atoms with E-state index in [1.807, 2.05) is 31.1 Å². The molecule has 1 saturated heterocycles. The number of nitrogens with zero attached hydrogens (tertiary/aromatic N) is 2. The van der Waals surface area contributed by atoms with Gasteiger partial charge in [0.05, 0.1) is 0 Å². The molecule has 1 N–H and O–H groups in total. The predicted molar refractivity (Wildman–Crippen MR) is 86.1 cm³/mol. The smallest absolute Gasteiger partial charge is 0.244 e. The van der Waals surface area contributed by atoms with Crippen molar-refractivity contribution < 1.29 is 8.42 Å². The molecule has 2 aliphatic rings. The van der Waals surface area contributed by atoms with Gasteiger partial charge in [-0.05, 0) is 38.1 Å². The summed E-state index contributed by atoms with van der Waals surface area (Å²) < 4.78 is 29.3. The van der Waals surface area contributed by atoms with Crippen molar-refractivity contribution >= 4 is 21.8 Å². The van der Waals surface area contributed by atoms with Crippen LogP contribution in [0.4, 0.5) is 0 Å². The van der Waals surface area contributed by atoms with Crippen LogP contribution in [-0.2, 0) is 16.6 Å². The van der Waals surface area contributed by atoms with Crippen LogP contribution in [0.15, 0.2) is 17.2 Å². The van der Waals surface area contributed by atoms with E-state index >= 15 is 0 Å². The molecule has 118 valence electrons. The van der Waals surface area contributed by atoms with Crippen molar-refractivity contribution in [3.63, 3.8) is 0 Å². The fourth-order valence-electron chi connectivity index (χ4n) is 2.82. The van der Waals surface area contributed by atoms with Crippen molar-refractivity contribution in [2.75, 3.05) is 25.6 Å². The maximum atomic E-state index is 12.8. The largest absolute Gasteiger partial charge is 0.346 e. The maximum absolute atomic E-state index is 12.8. The van der Waals surface area contributed by atoms with E-state index in [-0.39, 0.29) is 6.04 Å². The van der Waals surface area contributed by atoms with E-state index in [0.717, 1.165) is 36.5 Å². The van der Waals surface area contributed by atoms with Crippen molar-refractivity contribution in [2.45, 2.75) is 42.8 Å². The van der Waals surface area contributed by atoms with Gasteiger partial charge in [0.2, 0.25) is 10.0 Å². The highest BCUT2D eigenvalue weighted by molar-refractivity contribution is 7.99. The number of rotatable bonds is 6. The number of hydrogen-bond donors (Lipinski definition) is 1. The Bertz CT molecular complexity index is 602. The highest BCUT2D eigenvalue weighted by atomic mass is 32.2. The van der Waals surface area contributed by atoms with E-state index < -0.39 is 10.0 Å². The van der Waals surface area contributed by atoms with E-state index in [0.29, 0.717) is 17.5 Å². The number of aromatic nitrogens is 1. The summed E-state index contributed by atoms with van der Waals surface area (Å²) in [5.74, 6) is 1.96. The fourth-order valence-corrected chi connectivity index (χ4v) is 5.62. The number of hydrogen-bond acceptors (Lipinski definition) is 4. The minimum Gasteiger partial charge on any atom is -0.346 e. The van der Waals surface area contributed by atoms with Crippen LogP contribution >= 0.6 is 11.8 Å². The van der Waals surface area contributed by atoms with Crippen LogP contribution in [0.5, 0.6) is 0 Å². The molecule has 1 aromatic rings. The minimum atomic E-state index is -3.38. The molecule has 0 spiro atoms. The van der Waals surface area contributed by atoms with Crippen molar-refractivity contribution in [3.8, 4) is 0 Å². The Morgan fingerprint density at radius 1 is 1.43 bits per heavy atom. The molecular formula is C14H23N3O2S2. The molecule has 7 heteroatoms. The van der Waals surface area contributed by atoms with Crippen molar-refractivity contribution in [1.82, 2.24) is 14.2 Å². The first-order valence-electron chi connectivity index (χ1n) is 7.45. The second kappa shape index (κ2) is 5.95. The van der Waals surface area contributed by atoms with Crippen molar-refractivity contribution in [1.29, 1.82) is 0 Å². The zero-order valence-corrected chi connectivity index (χ0v) is 14.2. The topological polar surface area (TPSA) is 54.3 Å². The third-order valence-electron chi connectivity index (χ3n) is 4.30. The fraction of sp³-hybridized carbons (Fsp3) is 0.714. The van der Waals surface area contributed by atoms with Crippen LogP contribution < -0.4 is 5.32 Å². The second-order valence-corrected chi connectivity index (χ2v) is 9.02. The van der Waals surface area contributed by atoms with E-state index in [4.69, 9.17) is 0 Å². The summed E-state index contributed by atoms with van der Waals surface area (Å²) in [5.41, 5.74) is 1.06. The van der Waals surface area contributed by atoms with Gasteiger partial charge in [-0.1, -0.05) is 0 Å². The maximum Gasteiger partial charge on any atom is 0.244 e. The summed E-state index contributed by atoms with van der Waals surface area (Å²) in [5, 5.41) is 3.12. The molecule has 1 aromatic heterocycles. The average Bonchev–Trinajstić information content (AvgIpc) is 3.00. The van der Waals surface area contributed by atoms with E-state index in [1.165, 1.54) is 0 Å². The van der Waals surface area contributed by atoms with Gasteiger partial charge in [0, 0.05) is 43.3 Å². The van der Waals surface area contributed by atoms with Gasteiger partial charge < -0.3 is 9.88 Å². The third-order valence-corrected chi connectivity index (χ3v) is 7.32. The molecule has 0 aromatic carbocycles. The van der Waals surface area contributed by atoms with Crippen LogP contribution in [-0.4, -0.2) is 48.9 Å². The Labute approximate surface area is 131 Å². The molecule has 1 atom stereocenters. The second-order valence-electron chi connectivity index (χ2n) is 5.87. The van der Waals surface area contributed by atoms with Gasteiger partial charge in [-0.25, -0.2) is 8.42 Å². The van der Waals surface area contributed by atoms with Crippen LogP contribution in [0.3, 0.4) is 0 Å². The molecule has 5 nitrogen and oxygen atoms in total. The molecule has 1 aliphatic heterocycles. The highest BCUT2D eigenvalue weighted by Crippen LogP contribution is 2.38. The number of thioether (sulfide) groups is 1. The SMILES string of the molecule is CNCc1cc(S(=O)(=O)N(C)C2CCSC2)cn1C1CC1. The lowest BCUT2D eigenvalue weighted by atomic mass is 10.3. The zero-order valence-electron chi connectivity index (χ0n) is 12.6. The molecule has 3 rings (SSSR count). The third kappa shape index (κ3) is 3.02. The normalized spacial score (nSPS) is 23.1. The lowest BCUT2D eigenvalue weighted by molar-refractivity contribution is 0.394. The Balaban J connectivity index is 1.89. The lowest BCUT2D eigenvalue weighted by Gasteiger charge is -2.22. The summed E-state index contributed by atoms with van der Waals surface area (Å²) in [4.78, 5) is 0.444. The summed E-state index contributed by atoms with van der Waals surface area (Å²) in [6, 6.07) is 2.46. The lowest BCUT2D eigenvalue weighted by Crippen LogP contribution is -2.36. The summed E-state index contributed by atoms with van der Waals surface area (Å²) in [6.07, 6.45) is 5.09. The summed E-state index contributed by atoms with van der Waals surface area (Å²) in [7, 11) is 0.233. The molecular weight excluding hydrogens is 306 g/mol. The van der Waals surface area contributed by atoms with Gasteiger partial charge in [-0.2, -0.15) is 16.1 Å². The molecule has 1 aliphatic carbocycles. The summed E-state index contributed by atoms with van der Waals surface area (Å²) >= 11 is 1.83. The molecule has 1 saturated carbocycles. The van der Waals surface area contributed by atoms with Gasteiger partial charge in [-0.15, -0.1) is 0 Å². The Morgan fingerprint density at radius 3 is 2.76 bits per heavy atom. The van der Waals surface area contributed by atoms with E-state index in [2.05, 4.69) is 9.88 Å². The van der Waals surface area contributed by atoms with Crippen LogP contribution in [0.25, 0.3) is 0 Å². The molecule has 0 amide bonds. The molecule has 1 unspecified atom stereocenters.